The molecule has 13 heteroatoms. The zero-order valence-corrected chi connectivity index (χ0v) is 30.3. The highest BCUT2D eigenvalue weighted by Gasteiger charge is 2.31. The van der Waals surface area contributed by atoms with Gasteiger partial charge in [0.2, 0.25) is 0 Å². The molecule has 0 aliphatic rings. The summed E-state index contributed by atoms with van der Waals surface area (Å²) in [7, 11) is 1.75. The van der Waals surface area contributed by atoms with E-state index in [1.807, 2.05) is 26.8 Å². The summed E-state index contributed by atoms with van der Waals surface area (Å²) in [4.78, 5) is 23.6. The maximum Gasteiger partial charge on any atom is 0.416 e. The van der Waals surface area contributed by atoms with E-state index in [0.29, 0.717) is 34.4 Å². The van der Waals surface area contributed by atoms with E-state index in [0.717, 1.165) is 48.9 Å². The summed E-state index contributed by atoms with van der Waals surface area (Å²) >= 11 is 0. The lowest BCUT2D eigenvalue weighted by Gasteiger charge is -2.24. The van der Waals surface area contributed by atoms with Crippen molar-refractivity contribution >= 4 is 28.9 Å². The third-order valence-electron chi connectivity index (χ3n) is 8.08. The standard InChI is InChI=1S/C25H24F3N7O.C12H27NO/c1-14-7-17(10-18(8-14)25(26,27)28)24(36)32-19-6-5-15(2)20(11-19)33-23-9-16(3)34-35(23)22-12-21(29-4)30-13-31-22;1-5-8-13(10-12(4)14)9-7-11(3)6-2/h5-13,33H,1-4H3,(H,32,36)(H,29,30,31);11-12,14H,5-10H2,1-4H3. The van der Waals surface area contributed by atoms with Crippen LogP contribution in [0.5, 0.6) is 0 Å². The van der Waals surface area contributed by atoms with Crippen LogP contribution >= 0.6 is 0 Å². The van der Waals surface area contributed by atoms with Gasteiger partial charge < -0.3 is 26.0 Å². The van der Waals surface area contributed by atoms with E-state index >= 15 is 0 Å². The lowest BCUT2D eigenvalue weighted by molar-refractivity contribution is -0.137. The second-order valence-electron chi connectivity index (χ2n) is 12.7. The fraction of sp³-hybridized carbons (Fsp3) is 0.459. The molecule has 2 aromatic heterocycles. The normalized spacial score (nSPS) is 12.6. The van der Waals surface area contributed by atoms with Gasteiger partial charge in [-0.15, -0.1) is 0 Å². The number of hydrogen-bond acceptors (Lipinski definition) is 8. The number of anilines is 4. The van der Waals surface area contributed by atoms with Crippen molar-refractivity contribution in [2.75, 3.05) is 42.6 Å². The molecule has 50 heavy (non-hydrogen) atoms. The maximum atomic E-state index is 13.2. The van der Waals surface area contributed by atoms with Crippen LogP contribution in [0.4, 0.5) is 36.2 Å². The number of nitrogens with zero attached hydrogens (tertiary/aromatic N) is 5. The Balaban J connectivity index is 0.000000409. The van der Waals surface area contributed by atoms with Crippen molar-refractivity contribution in [3.05, 3.63) is 82.8 Å². The van der Waals surface area contributed by atoms with E-state index in [4.69, 9.17) is 0 Å². The summed E-state index contributed by atoms with van der Waals surface area (Å²) in [5.74, 6) is 1.98. The van der Waals surface area contributed by atoms with Gasteiger partial charge in [0.1, 0.15) is 18.0 Å². The number of hydrogen-bond donors (Lipinski definition) is 4. The molecule has 0 saturated heterocycles. The molecule has 0 radical (unpaired) electrons. The van der Waals surface area contributed by atoms with E-state index in [1.165, 1.54) is 38.6 Å². The van der Waals surface area contributed by atoms with Gasteiger partial charge >= 0.3 is 6.18 Å². The molecule has 2 unspecified atom stereocenters. The van der Waals surface area contributed by atoms with Gasteiger partial charge in [-0.2, -0.15) is 23.0 Å². The zero-order chi connectivity index (χ0) is 37.0. The molecule has 0 saturated carbocycles. The SMILES string of the molecule is CCCN(CCC(C)CC)CC(C)O.CNc1cc(-n2nc(C)cc2Nc2cc(NC(=O)c3cc(C)cc(C(F)(F)F)c3)ccc2C)ncn1. The average molecular weight is 697 g/mol. The number of amides is 1. The van der Waals surface area contributed by atoms with E-state index in [-0.39, 0.29) is 11.7 Å². The Kier molecular flexibility index (Phi) is 14.8. The molecule has 272 valence electrons. The quantitative estimate of drug-likeness (QED) is 0.104. The first-order chi connectivity index (χ1) is 23.6. The molecule has 0 bridgehead atoms. The molecule has 0 fully saturated rings. The van der Waals surface area contributed by atoms with Crippen LogP contribution in [-0.2, 0) is 6.18 Å². The Hall–Kier alpha value is -4.49. The van der Waals surface area contributed by atoms with E-state index in [9.17, 15) is 23.1 Å². The molecular formula is C37H51F3N8O2. The number of aryl methyl sites for hydroxylation is 3. The topological polar surface area (TPSA) is 120 Å². The van der Waals surface area contributed by atoms with Gasteiger partial charge in [0.15, 0.2) is 5.82 Å². The fourth-order valence-corrected chi connectivity index (χ4v) is 5.21. The zero-order valence-electron chi connectivity index (χ0n) is 30.3. The van der Waals surface area contributed by atoms with Crippen LogP contribution in [0.25, 0.3) is 5.82 Å². The van der Waals surface area contributed by atoms with Gasteiger partial charge in [-0.25, -0.2) is 9.97 Å². The van der Waals surface area contributed by atoms with Crippen molar-refractivity contribution in [2.24, 2.45) is 5.92 Å². The number of halogens is 3. The largest absolute Gasteiger partial charge is 0.416 e. The Labute approximate surface area is 293 Å². The van der Waals surface area contributed by atoms with Crippen molar-refractivity contribution in [2.45, 2.75) is 80.0 Å². The minimum Gasteiger partial charge on any atom is -0.392 e. The number of carbonyl (C=O) groups is 1. The highest BCUT2D eigenvalue weighted by Crippen LogP contribution is 2.31. The van der Waals surface area contributed by atoms with Gasteiger partial charge in [0.25, 0.3) is 5.91 Å². The first-order valence-corrected chi connectivity index (χ1v) is 17.0. The van der Waals surface area contributed by atoms with Crippen LogP contribution in [0.2, 0.25) is 0 Å². The summed E-state index contributed by atoms with van der Waals surface area (Å²) in [6.45, 7) is 16.9. The van der Waals surface area contributed by atoms with Crippen LogP contribution in [0, 0.1) is 26.7 Å². The van der Waals surface area contributed by atoms with Crippen LogP contribution in [-0.4, -0.2) is 68.4 Å². The Morgan fingerprint density at radius 2 is 1.74 bits per heavy atom. The number of nitrogens with one attached hydrogen (secondary N) is 3. The van der Waals surface area contributed by atoms with Crippen LogP contribution in [0.15, 0.2) is 54.9 Å². The van der Waals surface area contributed by atoms with Crippen LogP contribution in [0.3, 0.4) is 0 Å². The average Bonchev–Trinajstić information content (AvgIpc) is 3.44. The summed E-state index contributed by atoms with van der Waals surface area (Å²) in [5.41, 5.74) is 2.14. The first kappa shape index (κ1) is 39.9. The molecule has 2 heterocycles. The second-order valence-corrected chi connectivity index (χ2v) is 12.7. The molecule has 0 aliphatic heterocycles. The minimum atomic E-state index is -4.54. The Morgan fingerprint density at radius 1 is 1.00 bits per heavy atom. The van der Waals surface area contributed by atoms with E-state index < -0.39 is 17.6 Å². The number of aromatic nitrogens is 4. The molecule has 10 nitrogen and oxygen atoms in total. The lowest BCUT2D eigenvalue weighted by Crippen LogP contribution is -2.33. The first-order valence-electron chi connectivity index (χ1n) is 17.0. The molecule has 0 aliphatic carbocycles. The van der Waals surface area contributed by atoms with Gasteiger partial charge in [-0.1, -0.05) is 33.3 Å². The van der Waals surface area contributed by atoms with Crippen LogP contribution in [0.1, 0.15) is 79.7 Å². The highest BCUT2D eigenvalue weighted by atomic mass is 19.4. The van der Waals surface area contributed by atoms with Crippen molar-refractivity contribution in [1.29, 1.82) is 0 Å². The smallest absolute Gasteiger partial charge is 0.392 e. The summed E-state index contributed by atoms with van der Waals surface area (Å²) in [6, 6.07) is 12.1. The van der Waals surface area contributed by atoms with E-state index in [2.05, 4.69) is 56.7 Å². The van der Waals surface area contributed by atoms with Gasteiger partial charge in [-0.3, -0.25) is 4.79 Å². The molecule has 2 atom stereocenters. The summed E-state index contributed by atoms with van der Waals surface area (Å²) < 4.78 is 41.2. The molecular weight excluding hydrogens is 645 g/mol. The van der Waals surface area contributed by atoms with Gasteiger partial charge in [0, 0.05) is 42.7 Å². The number of aliphatic hydroxyl groups is 1. The van der Waals surface area contributed by atoms with Crippen molar-refractivity contribution in [3.63, 3.8) is 0 Å². The van der Waals surface area contributed by atoms with E-state index in [1.54, 1.807) is 36.0 Å². The summed E-state index contributed by atoms with van der Waals surface area (Å²) in [6.07, 6.45) is 0.378. The molecule has 4 aromatic rings. The predicted molar refractivity (Wildman–Crippen MR) is 195 cm³/mol. The molecule has 0 spiro atoms. The molecule has 2 aromatic carbocycles. The van der Waals surface area contributed by atoms with Crippen molar-refractivity contribution in [3.8, 4) is 5.82 Å². The molecule has 1 amide bonds. The second kappa shape index (κ2) is 18.5. The monoisotopic (exact) mass is 696 g/mol. The maximum absolute atomic E-state index is 13.2. The highest BCUT2D eigenvalue weighted by molar-refractivity contribution is 6.04. The minimum absolute atomic E-state index is 0.0739. The van der Waals surface area contributed by atoms with Crippen molar-refractivity contribution in [1.82, 2.24) is 24.6 Å². The fourth-order valence-electron chi connectivity index (χ4n) is 5.21. The number of carbonyl (C=O) groups excluding carboxylic acids is 1. The third-order valence-corrected chi connectivity index (χ3v) is 8.08. The molecule has 4 N–H and O–H groups in total. The Bertz CT molecular complexity index is 1690. The lowest BCUT2D eigenvalue weighted by atomic mass is 10.1. The third kappa shape index (κ3) is 12.1. The number of aliphatic hydroxyl groups excluding tert-OH is 1. The summed E-state index contributed by atoms with van der Waals surface area (Å²) in [5, 5.41) is 22.8. The number of benzene rings is 2. The van der Waals surface area contributed by atoms with Gasteiger partial charge in [0.05, 0.1) is 17.4 Å². The Morgan fingerprint density at radius 3 is 2.38 bits per heavy atom. The predicted octanol–water partition coefficient (Wildman–Crippen LogP) is 8.16. The van der Waals surface area contributed by atoms with Crippen molar-refractivity contribution < 1.29 is 23.1 Å². The number of alkyl halides is 3. The van der Waals surface area contributed by atoms with Crippen LogP contribution < -0.4 is 16.0 Å². The number of rotatable bonds is 14. The molecule has 4 rings (SSSR count). The van der Waals surface area contributed by atoms with Gasteiger partial charge in [-0.05, 0) is 101 Å².